The number of aromatic nitrogens is 4. The molecule has 32 heavy (non-hydrogen) atoms. The van der Waals surface area contributed by atoms with Crippen molar-refractivity contribution in [2.24, 2.45) is 5.41 Å². The van der Waals surface area contributed by atoms with Crippen LogP contribution in [0, 0.1) is 5.41 Å². The van der Waals surface area contributed by atoms with Crippen molar-refractivity contribution in [2.45, 2.75) is 66.2 Å². The maximum Gasteiger partial charge on any atom is 0.291 e. The van der Waals surface area contributed by atoms with Crippen LogP contribution in [-0.2, 0) is 6.54 Å². The first-order valence-corrected chi connectivity index (χ1v) is 10.8. The first kappa shape index (κ1) is 21.9. The maximum absolute atomic E-state index is 13.2. The van der Waals surface area contributed by atoms with Crippen molar-refractivity contribution in [1.29, 1.82) is 0 Å². The van der Waals surface area contributed by atoms with Crippen molar-refractivity contribution in [2.75, 3.05) is 0 Å². The smallest absolute Gasteiger partial charge is 0.291 e. The molecule has 0 radical (unpaired) electrons. The van der Waals surface area contributed by atoms with Gasteiger partial charge in [-0.05, 0) is 38.2 Å². The van der Waals surface area contributed by atoms with Crippen LogP contribution in [0.5, 0.6) is 11.6 Å². The first-order chi connectivity index (χ1) is 15.0. The fourth-order valence-electron chi connectivity index (χ4n) is 3.53. The van der Waals surface area contributed by atoms with E-state index < -0.39 is 11.5 Å². The topological polar surface area (TPSA) is 111 Å². The Balaban J connectivity index is 1.93. The summed E-state index contributed by atoms with van der Waals surface area (Å²) in [5.74, 6) is -0.349. The summed E-state index contributed by atoms with van der Waals surface area (Å²) in [4.78, 5) is 30.2. The third kappa shape index (κ3) is 4.32. The number of hydrogen-bond acceptors (Lipinski definition) is 6. The minimum Gasteiger partial charge on any atom is -0.494 e. The summed E-state index contributed by atoms with van der Waals surface area (Å²) >= 11 is 0. The SMILES string of the molecule is CC(C)Oc1ccncc1-c1cc2n(CC(C)(C)C)c(O)c(C(=O)NC3CC3)c(=O)n2n1. The summed E-state index contributed by atoms with van der Waals surface area (Å²) in [5, 5.41) is 18.3. The molecule has 4 rings (SSSR count). The molecule has 0 saturated heterocycles. The zero-order chi connectivity index (χ0) is 23.2. The van der Waals surface area contributed by atoms with Crippen LogP contribution in [0.4, 0.5) is 0 Å². The van der Waals surface area contributed by atoms with Crippen molar-refractivity contribution in [1.82, 2.24) is 24.5 Å². The van der Waals surface area contributed by atoms with Gasteiger partial charge in [-0.25, -0.2) is 0 Å². The number of amides is 1. The van der Waals surface area contributed by atoms with E-state index in [9.17, 15) is 14.7 Å². The Morgan fingerprint density at radius 3 is 2.69 bits per heavy atom. The Morgan fingerprint density at radius 2 is 2.06 bits per heavy atom. The van der Waals surface area contributed by atoms with E-state index in [2.05, 4.69) is 15.4 Å². The van der Waals surface area contributed by atoms with E-state index >= 15 is 0 Å². The van der Waals surface area contributed by atoms with Crippen LogP contribution in [0.2, 0.25) is 0 Å². The molecule has 9 nitrogen and oxygen atoms in total. The predicted octanol–water partition coefficient (Wildman–Crippen LogP) is 2.99. The molecule has 170 valence electrons. The van der Waals surface area contributed by atoms with Crippen LogP contribution in [-0.4, -0.2) is 42.3 Å². The highest BCUT2D eigenvalue weighted by Gasteiger charge is 2.30. The van der Waals surface area contributed by atoms with E-state index in [1.54, 1.807) is 29.1 Å². The van der Waals surface area contributed by atoms with Crippen molar-refractivity contribution in [3.05, 3.63) is 40.4 Å². The van der Waals surface area contributed by atoms with E-state index in [0.29, 0.717) is 29.2 Å². The lowest BCUT2D eigenvalue weighted by Gasteiger charge is -2.23. The molecule has 0 bridgehead atoms. The highest BCUT2D eigenvalue weighted by atomic mass is 16.5. The average Bonchev–Trinajstić information content (AvgIpc) is 3.38. The summed E-state index contributed by atoms with van der Waals surface area (Å²) in [6.45, 7) is 10.3. The van der Waals surface area contributed by atoms with Crippen LogP contribution < -0.4 is 15.6 Å². The van der Waals surface area contributed by atoms with E-state index in [4.69, 9.17) is 4.74 Å². The molecule has 9 heteroatoms. The average molecular weight is 440 g/mol. The number of aromatic hydroxyl groups is 1. The maximum atomic E-state index is 13.2. The van der Waals surface area contributed by atoms with E-state index in [1.807, 2.05) is 34.6 Å². The first-order valence-electron chi connectivity index (χ1n) is 10.8. The van der Waals surface area contributed by atoms with Gasteiger partial charge in [-0.15, -0.1) is 0 Å². The van der Waals surface area contributed by atoms with Gasteiger partial charge in [0.25, 0.3) is 11.5 Å². The second kappa shape index (κ2) is 7.96. The summed E-state index contributed by atoms with van der Waals surface area (Å²) in [6.07, 6.45) is 4.93. The van der Waals surface area contributed by atoms with Crippen LogP contribution >= 0.6 is 0 Å². The Morgan fingerprint density at radius 1 is 1.34 bits per heavy atom. The van der Waals surface area contributed by atoms with Gasteiger partial charge < -0.3 is 15.2 Å². The zero-order valence-corrected chi connectivity index (χ0v) is 19.0. The van der Waals surface area contributed by atoms with Crippen molar-refractivity contribution in [3.63, 3.8) is 0 Å². The second-order valence-corrected chi connectivity index (χ2v) is 9.74. The summed E-state index contributed by atoms with van der Waals surface area (Å²) in [6, 6.07) is 3.50. The molecule has 3 heterocycles. The van der Waals surface area contributed by atoms with Gasteiger partial charge in [0.2, 0.25) is 5.88 Å². The van der Waals surface area contributed by atoms with Gasteiger partial charge in [0.15, 0.2) is 5.56 Å². The molecule has 1 aliphatic rings. The molecule has 3 aromatic rings. The van der Waals surface area contributed by atoms with Crippen molar-refractivity contribution < 1.29 is 14.6 Å². The van der Waals surface area contributed by atoms with Crippen LogP contribution in [0.15, 0.2) is 29.3 Å². The molecule has 0 aromatic carbocycles. The summed E-state index contributed by atoms with van der Waals surface area (Å²) in [7, 11) is 0. The molecular weight excluding hydrogens is 410 g/mol. The molecule has 3 aromatic heterocycles. The molecule has 0 aliphatic heterocycles. The monoisotopic (exact) mass is 439 g/mol. The minimum absolute atomic E-state index is 0.0485. The van der Waals surface area contributed by atoms with Gasteiger partial charge in [-0.1, -0.05) is 20.8 Å². The van der Waals surface area contributed by atoms with Crippen LogP contribution in [0.1, 0.15) is 57.8 Å². The molecule has 2 N–H and O–H groups in total. The number of fused-ring (bicyclic) bond motifs is 1. The van der Waals surface area contributed by atoms with Crippen LogP contribution in [0.25, 0.3) is 16.9 Å². The number of pyridine rings is 1. The molecule has 0 unspecified atom stereocenters. The standard InChI is InChI=1S/C23H29N5O4/c1-13(2)32-17-8-9-24-11-15(17)16-10-18-27(12-23(3,4)5)21(30)19(22(31)28(18)26-16)20(29)25-14-6-7-14/h8-11,13-14,30H,6-7,12H2,1-5H3,(H,25,29). The molecule has 1 fully saturated rings. The fraction of sp³-hybridized carbons (Fsp3) is 0.478. The number of ether oxygens (including phenoxy) is 1. The Labute approximate surface area is 186 Å². The normalized spacial score (nSPS) is 14.2. The molecule has 1 saturated carbocycles. The predicted molar refractivity (Wildman–Crippen MR) is 120 cm³/mol. The van der Waals surface area contributed by atoms with Crippen LogP contribution in [0.3, 0.4) is 0 Å². The summed E-state index contributed by atoms with van der Waals surface area (Å²) in [5.41, 5.74) is 0.278. The zero-order valence-electron chi connectivity index (χ0n) is 19.0. The van der Waals surface area contributed by atoms with Gasteiger partial charge in [-0.2, -0.15) is 9.61 Å². The highest BCUT2D eigenvalue weighted by molar-refractivity contribution is 5.96. The Kier molecular flexibility index (Phi) is 5.44. The van der Waals surface area contributed by atoms with E-state index in [1.165, 1.54) is 4.52 Å². The number of hydrogen-bond donors (Lipinski definition) is 2. The lowest BCUT2D eigenvalue weighted by atomic mass is 9.96. The minimum atomic E-state index is -0.665. The largest absolute Gasteiger partial charge is 0.494 e. The molecule has 1 amide bonds. The van der Waals surface area contributed by atoms with Gasteiger partial charge in [0.05, 0.1) is 11.7 Å². The van der Waals surface area contributed by atoms with Gasteiger partial charge in [-0.3, -0.25) is 19.1 Å². The Bertz CT molecular complexity index is 1230. The quantitative estimate of drug-likeness (QED) is 0.611. The second-order valence-electron chi connectivity index (χ2n) is 9.74. The lowest BCUT2D eigenvalue weighted by molar-refractivity contribution is 0.0944. The molecular formula is C23H29N5O4. The molecule has 0 spiro atoms. The van der Waals surface area contributed by atoms with Gasteiger partial charge in [0.1, 0.15) is 17.1 Å². The Hall–Kier alpha value is -3.36. The number of nitrogens with one attached hydrogen (secondary N) is 1. The lowest BCUT2D eigenvalue weighted by Crippen LogP contribution is -2.35. The van der Waals surface area contributed by atoms with Gasteiger partial charge >= 0.3 is 0 Å². The fourth-order valence-corrected chi connectivity index (χ4v) is 3.53. The van der Waals surface area contributed by atoms with Gasteiger partial charge in [0, 0.05) is 31.0 Å². The number of rotatable bonds is 6. The number of carbonyl (C=O) groups excluding carboxylic acids is 1. The third-order valence-electron chi connectivity index (χ3n) is 5.04. The highest BCUT2D eigenvalue weighted by Crippen LogP contribution is 2.31. The molecule has 1 aliphatic carbocycles. The number of carbonyl (C=O) groups is 1. The van der Waals surface area contributed by atoms with E-state index in [-0.39, 0.29) is 29.0 Å². The summed E-state index contributed by atoms with van der Waals surface area (Å²) < 4.78 is 8.63. The number of nitrogens with zero attached hydrogens (tertiary/aromatic N) is 4. The van der Waals surface area contributed by atoms with Crippen molar-refractivity contribution >= 4 is 11.6 Å². The third-order valence-corrected chi connectivity index (χ3v) is 5.04. The van der Waals surface area contributed by atoms with E-state index in [0.717, 1.165) is 12.8 Å². The molecule has 0 atom stereocenters. The van der Waals surface area contributed by atoms with Crippen molar-refractivity contribution in [3.8, 4) is 22.9 Å².